The summed E-state index contributed by atoms with van der Waals surface area (Å²) < 4.78 is 31.4. The summed E-state index contributed by atoms with van der Waals surface area (Å²) in [6, 6.07) is 0. The van der Waals surface area contributed by atoms with Gasteiger partial charge in [0.15, 0.2) is 0 Å². The lowest BCUT2D eigenvalue weighted by Crippen LogP contribution is -2.25. The molecule has 0 bridgehead atoms. The Bertz CT molecular complexity index is 502. The largest absolute Gasteiger partial charge is 0.380 e. The van der Waals surface area contributed by atoms with E-state index in [1.807, 2.05) is 0 Å². The van der Waals surface area contributed by atoms with Crippen molar-refractivity contribution in [3.8, 4) is 0 Å². The van der Waals surface area contributed by atoms with Crippen LogP contribution >= 0.6 is 0 Å². The number of allylic oxidation sites excluding steroid dienone is 3. The molecular weight excluding hydrogens is 250 g/mol. The molecule has 0 amide bonds. The summed E-state index contributed by atoms with van der Waals surface area (Å²) in [6.07, 6.45) is 8.55. The SMILES string of the molecule is C[C@H]1C=CCC(/C=N/S(C)(=O)=O)=C2CCOC[C@@H]21. The molecule has 2 rings (SSSR count). The van der Waals surface area contributed by atoms with Gasteiger partial charge < -0.3 is 4.74 Å². The van der Waals surface area contributed by atoms with Crippen molar-refractivity contribution in [3.63, 3.8) is 0 Å². The quantitative estimate of drug-likeness (QED) is 0.568. The van der Waals surface area contributed by atoms with Crippen molar-refractivity contribution in [1.29, 1.82) is 0 Å². The fourth-order valence-electron chi connectivity index (χ4n) is 2.52. The highest BCUT2D eigenvalue weighted by molar-refractivity contribution is 7.89. The maximum absolute atomic E-state index is 11.1. The Morgan fingerprint density at radius 2 is 2.28 bits per heavy atom. The third-order valence-corrected chi connectivity index (χ3v) is 3.97. The van der Waals surface area contributed by atoms with Crippen LogP contribution in [0.4, 0.5) is 0 Å². The molecule has 0 N–H and O–H groups in total. The monoisotopic (exact) mass is 269 g/mol. The minimum absolute atomic E-state index is 0.360. The molecule has 0 spiro atoms. The molecule has 1 heterocycles. The van der Waals surface area contributed by atoms with Crippen LogP contribution in [0.25, 0.3) is 0 Å². The van der Waals surface area contributed by atoms with Crippen molar-refractivity contribution >= 4 is 16.2 Å². The molecule has 0 aromatic rings. The molecule has 0 saturated carbocycles. The first-order chi connectivity index (χ1) is 8.47. The Morgan fingerprint density at radius 1 is 1.50 bits per heavy atom. The molecule has 0 radical (unpaired) electrons. The molecule has 0 unspecified atom stereocenters. The van der Waals surface area contributed by atoms with Crippen LogP contribution in [0.15, 0.2) is 27.7 Å². The van der Waals surface area contributed by atoms with Crippen LogP contribution < -0.4 is 0 Å². The van der Waals surface area contributed by atoms with Crippen LogP contribution in [0, 0.1) is 11.8 Å². The summed E-state index contributed by atoms with van der Waals surface area (Å²) in [5.74, 6) is 0.794. The molecule has 0 aromatic heterocycles. The molecule has 100 valence electrons. The van der Waals surface area contributed by atoms with Crippen molar-refractivity contribution in [3.05, 3.63) is 23.3 Å². The first-order valence-electron chi connectivity index (χ1n) is 6.19. The summed E-state index contributed by atoms with van der Waals surface area (Å²) in [5, 5.41) is 0. The van der Waals surface area contributed by atoms with Crippen molar-refractivity contribution in [2.24, 2.45) is 16.2 Å². The summed E-state index contributed by atoms with van der Waals surface area (Å²) in [4.78, 5) is 0. The number of rotatable bonds is 2. The Morgan fingerprint density at radius 3 is 3.00 bits per heavy atom. The summed E-state index contributed by atoms with van der Waals surface area (Å²) in [6.45, 7) is 3.61. The molecule has 1 saturated heterocycles. The second kappa shape index (κ2) is 5.36. The van der Waals surface area contributed by atoms with E-state index in [0.717, 1.165) is 37.9 Å². The first-order valence-corrected chi connectivity index (χ1v) is 8.04. The third-order valence-electron chi connectivity index (χ3n) is 3.49. The second-order valence-corrected chi connectivity index (χ2v) is 6.62. The lowest BCUT2D eigenvalue weighted by molar-refractivity contribution is 0.0728. The number of fused-ring (bicyclic) bond motifs is 1. The summed E-state index contributed by atoms with van der Waals surface area (Å²) in [7, 11) is -3.31. The average Bonchev–Trinajstić information content (AvgIpc) is 2.46. The zero-order chi connectivity index (χ0) is 13.2. The fraction of sp³-hybridized carbons (Fsp3) is 0.615. The second-order valence-electron chi connectivity index (χ2n) is 4.94. The Balaban J connectivity index is 2.35. The number of nitrogens with zero attached hydrogens (tertiary/aromatic N) is 1. The molecule has 1 aliphatic carbocycles. The van der Waals surface area contributed by atoms with Crippen LogP contribution in [0.3, 0.4) is 0 Å². The van der Waals surface area contributed by atoms with Gasteiger partial charge in [0.25, 0.3) is 0 Å². The lowest BCUT2D eigenvalue weighted by Gasteiger charge is -2.29. The van der Waals surface area contributed by atoms with Crippen LogP contribution in [0.1, 0.15) is 19.8 Å². The van der Waals surface area contributed by atoms with Gasteiger partial charge in [0, 0.05) is 12.1 Å². The van der Waals surface area contributed by atoms with Crippen LogP contribution in [-0.4, -0.2) is 34.1 Å². The smallest absolute Gasteiger partial charge is 0.250 e. The van der Waals surface area contributed by atoms with E-state index in [-0.39, 0.29) is 0 Å². The van der Waals surface area contributed by atoms with Gasteiger partial charge in [-0.15, -0.1) is 0 Å². The van der Waals surface area contributed by atoms with E-state index in [1.165, 1.54) is 11.8 Å². The van der Waals surface area contributed by atoms with Gasteiger partial charge in [0.05, 0.1) is 19.5 Å². The predicted molar refractivity (Wildman–Crippen MR) is 72.2 cm³/mol. The minimum Gasteiger partial charge on any atom is -0.380 e. The van der Waals surface area contributed by atoms with Gasteiger partial charge >= 0.3 is 0 Å². The number of ether oxygens (including phenoxy) is 1. The molecule has 1 aliphatic heterocycles. The molecule has 1 fully saturated rings. The van der Waals surface area contributed by atoms with Gasteiger partial charge in [-0.2, -0.15) is 4.40 Å². The highest BCUT2D eigenvalue weighted by atomic mass is 32.2. The van der Waals surface area contributed by atoms with E-state index >= 15 is 0 Å². The molecule has 2 aliphatic rings. The molecule has 4 nitrogen and oxygen atoms in total. The average molecular weight is 269 g/mol. The molecule has 18 heavy (non-hydrogen) atoms. The van der Waals surface area contributed by atoms with Crippen LogP contribution in [0.2, 0.25) is 0 Å². The van der Waals surface area contributed by atoms with Gasteiger partial charge in [-0.05, 0) is 24.3 Å². The topological polar surface area (TPSA) is 55.7 Å². The summed E-state index contributed by atoms with van der Waals surface area (Å²) in [5.41, 5.74) is 2.35. The van der Waals surface area contributed by atoms with Crippen LogP contribution in [0.5, 0.6) is 0 Å². The van der Waals surface area contributed by atoms with Gasteiger partial charge in [-0.25, -0.2) is 8.42 Å². The van der Waals surface area contributed by atoms with Crippen molar-refractivity contribution in [1.82, 2.24) is 0 Å². The Labute approximate surface area is 108 Å². The third kappa shape index (κ3) is 3.29. The van der Waals surface area contributed by atoms with Crippen molar-refractivity contribution in [2.75, 3.05) is 19.5 Å². The highest BCUT2D eigenvalue weighted by Gasteiger charge is 2.27. The van der Waals surface area contributed by atoms with Crippen LogP contribution in [-0.2, 0) is 14.8 Å². The normalized spacial score (nSPS) is 29.4. The number of hydrogen-bond donors (Lipinski definition) is 0. The summed E-state index contributed by atoms with van der Waals surface area (Å²) >= 11 is 0. The van der Waals surface area contributed by atoms with E-state index in [4.69, 9.17) is 4.74 Å². The van der Waals surface area contributed by atoms with Gasteiger partial charge in [-0.1, -0.05) is 24.6 Å². The van der Waals surface area contributed by atoms with Crippen molar-refractivity contribution < 1.29 is 13.2 Å². The van der Waals surface area contributed by atoms with E-state index in [2.05, 4.69) is 23.5 Å². The maximum atomic E-state index is 11.1. The Kier molecular flexibility index (Phi) is 4.02. The molecule has 0 aromatic carbocycles. The number of sulfonamides is 1. The van der Waals surface area contributed by atoms with E-state index in [9.17, 15) is 8.42 Å². The zero-order valence-electron chi connectivity index (χ0n) is 10.8. The van der Waals surface area contributed by atoms with E-state index < -0.39 is 10.0 Å². The van der Waals surface area contributed by atoms with E-state index in [0.29, 0.717) is 11.8 Å². The maximum Gasteiger partial charge on any atom is 0.250 e. The molecule has 5 heteroatoms. The predicted octanol–water partition coefficient (Wildman–Crippen LogP) is 1.95. The number of hydrogen-bond acceptors (Lipinski definition) is 3. The zero-order valence-corrected chi connectivity index (χ0v) is 11.6. The minimum atomic E-state index is -3.31. The van der Waals surface area contributed by atoms with Gasteiger partial charge in [0.2, 0.25) is 10.0 Å². The molecular formula is C13H19NO3S. The highest BCUT2D eigenvalue weighted by Crippen LogP contribution is 2.34. The van der Waals surface area contributed by atoms with Gasteiger partial charge in [0.1, 0.15) is 0 Å². The van der Waals surface area contributed by atoms with E-state index in [1.54, 1.807) is 0 Å². The first kappa shape index (κ1) is 13.5. The Hall–Kier alpha value is -0.940. The lowest BCUT2D eigenvalue weighted by atomic mass is 9.83. The fourth-order valence-corrected chi connectivity index (χ4v) is 2.83. The van der Waals surface area contributed by atoms with Gasteiger partial charge in [-0.3, -0.25) is 0 Å². The standard InChI is InChI=1S/C13H19NO3S/c1-10-4-3-5-11(8-14-18(2,15)16)12-6-7-17-9-13(10)12/h3-4,8,10,13H,5-7,9H2,1-2H3/b14-8+/t10-,13+/m0/s1. The molecule has 2 atom stereocenters. The van der Waals surface area contributed by atoms with Crippen molar-refractivity contribution in [2.45, 2.75) is 19.8 Å².